The number of carbonyl (C=O) groups excluding carboxylic acids is 3. The molecule has 9 N–H and O–H groups in total. The third kappa shape index (κ3) is 13.5. The summed E-state index contributed by atoms with van der Waals surface area (Å²) in [5, 5.41) is 81.9. The maximum Gasteiger partial charge on any atom is 0.412 e. The number of nitrogens with zero attached hydrogens (tertiary/aromatic N) is 1. The van der Waals surface area contributed by atoms with Crippen LogP contribution in [0, 0.1) is 23.4 Å². The van der Waals surface area contributed by atoms with Gasteiger partial charge in [-0.25, -0.2) is 22.8 Å². The van der Waals surface area contributed by atoms with Crippen molar-refractivity contribution < 1.29 is 99.6 Å². The van der Waals surface area contributed by atoms with Crippen molar-refractivity contribution in [2.75, 3.05) is 34.5 Å². The molecule has 3 aliphatic heterocycles. The molecule has 0 aromatic heterocycles. The molecule has 13 atom stereocenters. The van der Waals surface area contributed by atoms with Crippen molar-refractivity contribution >= 4 is 45.3 Å². The van der Waals surface area contributed by atoms with Gasteiger partial charge in [-0.2, -0.15) is 8.42 Å². The second-order valence-corrected chi connectivity index (χ2v) is 21.1. The van der Waals surface area contributed by atoms with Crippen LogP contribution in [-0.4, -0.2) is 142 Å². The fourth-order valence-corrected chi connectivity index (χ4v) is 11.1. The summed E-state index contributed by atoms with van der Waals surface area (Å²) in [5.41, 5.74) is 1.33. The van der Waals surface area contributed by atoms with Gasteiger partial charge in [-0.05, 0) is 96.3 Å². The average molecular weight is 1160 g/mol. The molecule has 6 aromatic carbocycles. The number of halogens is 3. The van der Waals surface area contributed by atoms with Gasteiger partial charge in [0.1, 0.15) is 90.1 Å². The summed E-state index contributed by atoms with van der Waals surface area (Å²) in [6, 6.07) is 33.4. The van der Waals surface area contributed by atoms with Crippen molar-refractivity contribution in [2.45, 2.75) is 86.2 Å². The molecule has 0 aliphatic carbocycles. The molecule has 3 heterocycles. The monoisotopic (exact) mass is 1160 g/mol. The van der Waals surface area contributed by atoms with Gasteiger partial charge in [-0.15, -0.1) is 0 Å². The van der Waals surface area contributed by atoms with E-state index in [0.29, 0.717) is 22.4 Å². The van der Waals surface area contributed by atoms with Gasteiger partial charge in [0.2, 0.25) is 5.91 Å². The van der Waals surface area contributed by atoms with Crippen LogP contribution in [0.4, 0.5) is 39.8 Å². The Morgan fingerprint density at radius 3 is 1.94 bits per heavy atom. The van der Waals surface area contributed by atoms with E-state index in [1.165, 1.54) is 83.8 Å². The number of aromatic hydroxyl groups is 1. The average Bonchev–Trinajstić information content (AvgIpc) is 1.67. The second kappa shape index (κ2) is 25.6. The number of phenols is 1. The number of β-lactam (4-membered cyclic amide) rings is 1. The Labute approximate surface area is 466 Å². The molecule has 0 bridgehead atoms. The molecule has 6 aromatic rings. The Morgan fingerprint density at radius 2 is 1.29 bits per heavy atom. The molecule has 4 unspecified atom stereocenters. The summed E-state index contributed by atoms with van der Waals surface area (Å²) < 4.78 is 105. The molecule has 21 nitrogen and oxygen atoms in total. The van der Waals surface area contributed by atoms with Crippen LogP contribution in [0.2, 0.25) is 0 Å². The number of carbonyl (C=O) groups is 3. The van der Waals surface area contributed by atoms with Crippen LogP contribution in [0.3, 0.4) is 0 Å². The molecule has 3 amide bonds. The number of benzene rings is 6. The number of nitrogens with one attached hydrogen (secondary N) is 2. The van der Waals surface area contributed by atoms with Crippen molar-refractivity contribution in [1.29, 1.82) is 0 Å². The lowest BCUT2D eigenvalue weighted by Gasteiger charge is -2.48. The Morgan fingerprint density at radius 1 is 0.683 bits per heavy atom. The van der Waals surface area contributed by atoms with Crippen LogP contribution in [-0.2, 0) is 38.6 Å². The minimum Gasteiger partial charge on any atom is -0.508 e. The van der Waals surface area contributed by atoms with Crippen molar-refractivity contribution in [3.63, 3.8) is 0 Å². The Hall–Kier alpha value is -7.69. The number of aliphatic hydroxyl groups excluding tert-OH is 6. The van der Waals surface area contributed by atoms with Crippen molar-refractivity contribution in [1.82, 2.24) is 0 Å². The molecule has 82 heavy (non-hydrogen) atoms. The fourth-order valence-electron chi connectivity index (χ4n) is 9.92. The van der Waals surface area contributed by atoms with Gasteiger partial charge < -0.3 is 68.5 Å². The summed E-state index contributed by atoms with van der Waals surface area (Å²) >= 11 is 0. The highest BCUT2D eigenvalue weighted by Crippen LogP contribution is 2.50. The zero-order valence-electron chi connectivity index (χ0n) is 43.0. The highest BCUT2D eigenvalue weighted by molar-refractivity contribution is 7.87. The van der Waals surface area contributed by atoms with Gasteiger partial charge in [-0.3, -0.25) is 15.4 Å². The van der Waals surface area contributed by atoms with E-state index in [1.807, 2.05) is 0 Å². The van der Waals surface area contributed by atoms with Crippen molar-refractivity contribution in [3.05, 3.63) is 174 Å². The van der Waals surface area contributed by atoms with E-state index in [1.54, 1.807) is 54.6 Å². The van der Waals surface area contributed by atoms with Crippen molar-refractivity contribution in [3.8, 4) is 22.6 Å². The number of amides is 3. The number of aliphatic hydroxyl groups is 6. The fraction of sp³-hybridized carbons (Fsp3) is 0.316. The molecular formula is C57H56F3N3O18S. The number of hydrogen-bond acceptors (Lipinski definition) is 18. The van der Waals surface area contributed by atoms with E-state index in [-0.39, 0.29) is 47.2 Å². The molecule has 0 saturated carbocycles. The molecule has 3 saturated heterocycles. The van der Waals surface area contributed by atoms with E-state index < -0.39 is 138 Å². The van der Waals surface area contributed by atoms with Crippen LogP contribution in [0.25, 0.3) is 11.1 Å². The number of phenolic OH excluding ortho intramolecular Hbond substituents is 1. The quantitative estimate of drug-likeness (QED) is 0.0353. The standard InChI is InChI=1S/C57H56F3N3O18S/c58-33-19-14-31(15-20-33)42(66)25-24-37-47(63(54(37)71)34-8-2-1-3-9-34)36-23-18-32(30-16-21-35(65)22-17-30)26-43(36)81-82(74,75)29-46-48(67)49(68)52(44(27-64)77-46)79-55-51(70)50(69)53(80-57(73)62-41-13-7-5-11-39(41)60)45(78-55)28-76-56(72)61-40-12-6-4-10-38(40)59/h1-23,26,37,42,44-53,55,64-70H,24-25,27-29H2,(H,61,72)(H,62,73)/t37-,42+,44?,45?,46+,47-,48?,49-,50-,51?,52+,53+,55+/m1/s1. The van der Waals surface area contributed by atoms with E-state index >= 15 is 0 Å². The first-order valence-electron chi connectivity index (χ1n) is 25.7. The molecule has 9 rings (SSSR count). The first kappa shape index (κ1) is 58.9. The molecule has 3 fully saturated rings. The van der Waals surface area contributed by atoms with Gasteiger partial charge in [0.25, 0.3) is 0 Å². The maximum atomic E-state index is 14.4. The lowest BCUT2D eigenvalue weighted by atomic mass is 9.77. The van der Waals surface area contributed by atoms with E-state index in [9.17, 15) is 71.7 Å². The van der Waals surface area contributed by atoms with Gasteiger partial charge >= 0.3 is 22.3 Å². The summed E-state index contributed by atoms with van der Waals surface area (Å²) in [4.78, 5) is 41.4. The van der Waals surface area contributed by atoms with Crippen LogP contribution in [0.1, 0.15) is 36.1 Å². The van der Waals surface area contributed by atoms with E-state index in [2.05, 4.69) is 10.6 Å². The Balaban J connectivity index is 0.939. The molecular weight excluding hydrogens is 1100 g/mol. The molecule has 434 valence electrons. The second-order valence-electron chi connectivity index (χ2n) is 19.5. The number of para-hydroxylation sites is 3. The lowest BCUT2D eigenvalue weighted by Crippen LogP contribution is -2.65. The SMILES string of the molecule is O=C(Nc1ccccc1F)OCC1O[C@@H](O[C@H]2C(CO)O[C@@H](CS(=O)(=O)Oc3cc(-c4ccc(O)cc4)ccc3[C@@H]3[C@@H](CC[C@H](O)c4ccc(F)cc4)C(=O)N3c3ccccc3)C(O)[C@H]2O)C(O)[C@@H](O)[C@H]1OC(=O)Nc1ccccc1F. The minimum atomic E-state index is -4.95. The van der Waals surface area contributed by atoms with Crippen LogP contribution in [0.5, 0.6) is 11.5 Å². The summed E-state index contributed by atoms with van der Waals surface area (Å²) in [6.07, 6.45) is -23.6. The molecule has 0 spiro atoms. The van der Waals surface area contributed by atoms with Gasteiger partial charge in [0.05, 0.1) is 36.0 Å². The Kier molecular flexibility index (Phi) is 18.4. The summed E-state index contributed by atoms with van der Waals surface area (Å²) in [6.45, 7) is -1.96. The van der Waals surface area contributed by atoms with Crippen molar-refractivity contribution in [2.24, 2.45) is 5.92 Å². The first-order chi connectivity index (χ1) is 39.3. The molecule has 25 heteroatoms. The molecule has 3 aliphatic rings. The smallest absolute Gasteiger partial charge is 0.412 e. The Bertz CT molecular complexity index is 3310. The summed E-state index contributed by atoms with van der Waals surface area (Å²) in [5.74, 6) is -4.95. The highest BCUT2D eigenvalue weighted by atomic mass is 32.2. The first-order valence-corrected chi connectivity index (χ1v) is 27.2. The zero-order valence-corrected chi connectivity index (χ0v) is 43.8. The predicted octanol–water partition coefficient (Wildman–Crippen LogP) is 5.58. The van der Waals surface area contributed by atoms with Gasteiger partial charge in [0.15, 0.2) is 12.4 Å². The van der Waals surface area contributed by atoms with E-state index in [4.69, 9.17) is 27.9 Å². The summed E-state index contributed by atoms with van der Waals surface area (Å²) in [7, 11) is -4.95. The number of hydrogen-bond donors (Lipinski definition) is 9. The predicted molar refractivity (Wildman–Crippen MR) is 284 cm³/mol. The van der Waals surface area contributed by atoms with Gasteiger partial charge in [0, 0.05) is 11.3 Å². The van der Waals surface area contributed by atoms with E-state index in [0.717, 1.165) is 12.1 Å². The van der Waals surface area contributed by atoms with Gasteiger partial charge in [-0.1, -0.05) is 78.9 Å². The maximum absolute atomic E-state index is 14.4. The minimum absolute atomic E-state index is 0.0436. The molecule has 0 radical (unpaired) electrons. The number of rotatable bonds is 19. The third-order valence-electron chi connectivity index (χ3n) is 14.1. The third-order valence-corrected chi connectivity index (χ3v) is 15.3. The zero-order chi connectivity index (χ0) is 58.4. The van der Waals surface area contributed by atoms with Crippen LogP contribution in [0.15, 0.2) is 146 Å². The largest absolute Gasteiger partial charge is 0.508 e. The highest BCUT2D eigenvalue weighted by Gasteiger charge is 2.54. The topological polar surface area (TPSA) is 310 Å². The number of ether oxygens (including phenoxy) is 5. The number of anilines is 3. The lowest BCUT2D eigenvalue weighted by molar-refractivity contribution is -0.340. The normalized spacial score (nSPS) is 25.8. The van der Waals surface area contributed by atoms with Crippen LogP contribution >= 0.6 is 0 Å². The van der Waals surface area contributed by atoms with Crippen LogP contribution < -0.4 is 19.7 Å².